The van der Waals surface area contributed by atoms with E-state index in [2.05, 4.69) is 11.4 Å². The predicted octanol–water partition coefficient (Wildman–Crippen LogP) is 4.57. The number of rotatable bonds is 7. The molecule has 0 unspecified atom stereocenters. The smallest absolute Gasteiger partial charge is 0.243 e. The van der Waals surface area contributed by atoms with Gasteiger partial charge in [0, 0.05) is 12.1 Å². The van der Waals surface area contributed by atoms with Crippen molar-refractivity contribution >= 4 is 11.8 Å². The standard InChI is InChI=1S/C25H34N2O2/c1-7-22(24(29)26-25(4,5)6)27(17-20-13-10-11-18(2)15-20)23(28)16-21-14-9-8-12-19(21)3/h8-15,22H,7,16-17H2,1-6H3,(H,26,29)/t22-/m1/s1. The minimum atomic E-state index is -0.508. The zero-order valence-electron chi connectivity index (χ0n) is 18.6. The Morgan fingerprint density at radius 3 is 2.31 bits per heavy atom. The molecule has 0 spiro atoms. The molecule has 29 heavy (non-hydrogen) atoms. The van der Waals surface area contributed by atoms with Crippen LogP contribution >= 0.6 is 0 Å². The highest BCUT2D eigenvalue weighted by molar-refractivity contribution is 5.89. The van der Waals surface area contributed by atoms with Crippen molar-refractivity contribution in [3.8, 4) is 0 Å². The topological polar surface area (TPSA) is 49.4 Å². The van der Waals surface area contributed by atoms with E-state index < -0.39 is 6.04 Å². The van der Waals surface area contributed by atoms with Gasteiger partial charge >= 0.3 is 0 Å². The summed E-state index contributed by atoms with van der Waals surface area (Å²) in [4.78, 5) is 28.1. The van der Waals surface area contributed by atoms with Crippen LogP contribution in [0.4, 0.5) is 0 Å². The number of nitrogens with zero attached hydrogens (tertiary/aromatic N) is 1. The van der Waals surface area contributed by atoms with Gasteiger partial charge in [-0.05, 0) is 57.7 Å². The molecule has 1 N–H and O–H groups in total. The van der Waals surface area contributed by atoms with E-state index in [9.17, 15) is 9.59 Å². The van der Waals surface area contributed by atoms with Crippen LogP contribution in [0.1, 0.15) is 56.4 Å². The molecule has 0 heterocycles. The minimum Gasteiger partial charge on any atom is -0.350 e. The Balaban J connectivity index is 2.34. The van der Waals surface area contributed by atoms with Crippen LogP contribution in [0.5, 0.6) is 0 Å². The molecule has 1 atom stereocenters. The van der Waals surface area contributed by atoms with Crippen molar-refractivity contribution in [2.45, 2.75) is 72.5 Å². The van der Waals surface area contributed by atoms with Gasteiger partial charge in [0.1, 0.15) is 6.04 Å². The lowest BCUT2D eigenvalue weighted by Gasteiger charge is -2.33. The second-order valence-electron chi connectivity index (χ2n) is 8.78. The first kappa shape index (κ1) is 22.7. The predicted molar refractivity (Wildman–Crippen MR) is 119 cm³/mol. The molecule has 4 nitrogen and oxygen atoms in total. The van der Waals surface area contributed by atoms with Crippen LogP contribution in [0.2, 0.25) is 0 Å². The Morgan fingerprint density at radius 1 is 1.03 bits per heavy atom. The third-order valence-corrected chi connectivity index (χ3v) is 4.92. The lowest BCUT2D eigenvalue weighted by Crippen LogP contribution is -2.53. The maximum Gasteiger partial charge on any atom is 0.243 e. The van der Waals surface area contributed by atoms with Gasteiger partial charge in [-0.25, -0.2) is 0 Å². The van der Waals surface area contributed by atoms with Crippen LogP contribution in [0.25, 0.3) is 0 Å². The van der Waals surface area contributed by atoms with Crippen molar-refractivity contribution in [1.29, 1.82) is 0 Å². The Bertz CT molecular complexity index is 852. The van der Waals surface area contributed by atoms with Gasteiger partial charge in [-0.15, -0.1) is 0 Å². The summed E-state index contributed by atoms with van der Waals surface area (Å²) in [7, 11) is 0. The van der Waals surface area contributed by atoms with Gasteiger partial charge in [0.2, 0.25) is 11.8 Å². The van der Waals surface area contributed by atoms with Crippen molar-refractivity contribution in [2.24, 2.45) is 0 Å². The Hall–Kier alpha value is -2.62. The van der Waals surface area contributed by atoms with Gasteiger partial charge in [0.05, 0.1) is 6.42 Å². The summed E-state index contributed by atoms with van der Waals surface area (Å²) in [5.74, 6) is -0.137. The zero-order valence-corrected chi connectivity index (χ0v) is 18.6. The van der Waals surface area contributed by atoms with Gasteiger partial charge < -0.3 is 10.2 Å². The number of benzene rings is 2. The Morgan fingerprint density at radius 2 is 1.72 bits per heavy atom. The second kappa shape index (κ2) is 9.73. The summed E-state index contributed by atoms with van der Waals surface area (Å²) in [5.41, 5.74) is 3.91. The number of hydrogen-bond acceptors (Lipinski definition) is 2. The lowest BCUT2D eigenvalue weighted by molar-refractivity contribution is -0.141. The molecule has 4 heteroatoms. The van der Waals surface area contributed by atoms with Crippen molar-refractivity contribution in [2.75, 3.05) is 0 Å². The molecule has 0 aromatic heterocycles. The average molecular weight is 395 g/mol. The molecule has 0 radical (unpaired) electrons. The molecule has 0 fully saturated rings. The van der Waals surface area contributed by atoms with Gasteiger partial charge in [0.15, 0.2) is 0 Å². The van der Waals surface area contributed by atoms with Crippen molar-refractivity contribution in [1.82, 2.24) is 10.2 Å². The van der Waals surface area contributed by atoms with Gasteiger partial charge in [-0.3, -0.25) is 9.59 Å². The third-order valence-electron chi connectivity index (χ3n) is 4.92. The molecular formula is C25H34N2O2. The number of nitrogens with one attached hydrogen (secondary N) is 1. The van der Waals surface area contributed by atoms with E-state index in [-0.39, 0.29) is 23.8 Å². The van der Waals surface area contributed by atoms with Crippen molar-refractivity contribution in [3.63, 3.8) is 0 Å². The van der Waals surface area contributed by atoms with E-state index in [1.807, 2.05) is 84.0 Å². The highest BCUT2D eigenvalue weighted by Crippen LogP contribution is 2.17. The Kier molecular flexibility index (Phi) is 7.60. The molecule has 2 aromatic rings. The molecule has 0 saturated carbocycles. The number of amides is 2. The molecular weight excluding hydrogens is 360 g/mol. The molecule has 156 valence electrons. The van der Waals surface area contributed by atoms with Crippen molar-refractivity contribution in [3.05, 3.63) is 70.8 Å². The number of carbonyl (C=O) groups is 2. The molecule has 0 aliphatic rings. The van der Waals surface area contributed by atoms with Crippen LogP contribution in [0, 0.1) is 13.8 Å². The SMILES string of the molecule is CC[C@H](C(=O)NC(C)(C)C)N(Cc1cccc(C)c1)C(=O)Cc1ccccc1C. The van der Waals surface area contributed by atoms with E-state index in [1.54, 1.807) is 4.90 Å². The van der Waals surface area contributed by atoms with E-state index in [1.165, 1.54) is 0 Å². The number of aryl methyl sites for hydroxylation is 2. The number of carbonyl (C=O) groups excluding carboxylic acids is 2. The summed E-state index contributed by atoms with van der Waals surface area (Å²) >= 11 is 0. The first-order valence-corrected chi connectivity index (χ1v) is 10.3. The molecule has 2 rings (SSSR count). The van der Waals surface area contributed by atoms with Crippen LogP contribution in [0.3, 0.4) is 0 Å². The fraction of sp³-hybridized carbons (Fsp3) is 0.440. The van der Waals surface area contributed by atoms with Crippen LogP contribution in [-0.4, -0.2) is 28.3 Å². The van der Waals surface area contributed by atoms with Crippen LogP contribution in [0.15, 0.2) is 48.5 Å². The summed E-state index contributed by atoms with van der Waals surface area (Å²) in [6, 6.07) is 15.5. The number of hydrogen-bond donors (Lipinski definition) is 1. The highest BCUT2D eigenvalue weighted by Gasteiger charge is 2.30. The fourth-order valence-corrected chi connectivity index (χ4v) is 3.45. The first-order chi connectivity index (χ1) is 13.6. The summed E-state index contributed by atoms with van der Waals surface area (Å²) in [5, 5.41) is 3.05. The molecule has 0 bridgehead atoms. The van der Waals surface area contributed by atoms with Crippen LogP contribution in [-0.2, 0) is 22.6 Å². The zero-order chi connectivity index (χ0) is 21.6. The third kappa shape index (κ3) is 6.74. The maximum absolute atomic E-state index is 13.4. The van der Waals surface area contributed by atoms with Gasteiger partial charge in [-0.1, -0.05) is 61.0 Å². The van der Waals surface area contributed by atoms with E-state index >= 15 is 0 Å². The molecule has 0 aliphatic carbocycles. The summed E-state index contributed by atoms with van der Waals surface area (Å²) < 4.78 is 0. The van der Waals surface area contributed by atoms with Crippen LogP contribution < -0.4 is 5.32 Å². The van der Waals surface area contributed by atoms with Gasteiger partial charge in [0.25, 0.3) is 0 Å². The average Bonchev–Trinajstić information content (AvgIpc) is 2.62. The lowest BCUT2D eigenvalue weighted by atomic mass is 10.0. The summed E-state index contributed by atoms with van der Waals surface area (Å²) in [6.07, 6.45) is 0.852. The normalized spacial score (nSPS) is 12.3. The monoisotopic (exact) mass is 394 g/mol. The van der Waals surface area contributed by atoms with E-state index in [0.29, 0.717) is 13.0 Å². The van der Waals surface area contributed by atoms with E-state index in [0.717, 1.165) is 22.3 Å². The highest BCUT2D eigenvalue weighted by atomic mass is 16.2. The summed E-state index contributed by atoms with van der Waals surface area (Å²) in [6.45, 7) is 12.3. The fourth-order valence-electron chi connectivity index (χ4n) is 3.45. The second-order valence-corrected chi connectivity index (χ2v) is 8.78. The molecule has 0 aliphatic heterocycles. The quantitative estimate of drug-likeness (QED) is 0.748. The van der Waals surface area contributed by atoms with E-state index in [4.69, 9.17) is 0 Å². The van der Waals surface area contributed by atoms with Gasteiger partial charge in [-0.2, -0.15) is 0 Å². The largest absolute Gasteiger partial charge is 0.350 e. The maximum atomic E-state index is 13.4. The molecule has 0 saturated heterocycles. The first-order valence-electron chi connectivity index (χ1n) is 10.3. The van der Waals surface area contributed by atoms with Crippen molar-refractivity contribution < 1.29 is 9.59 Å². The molecule has 2 aromatic carbocycles. The Labute approximate surface area is 175 Å². The molecule has 2 amide bonds. The minimum absolute atomic E-state index is 0.0308.